The van der Waals surface area contributed by atoms with Crippen molar-refractivity contribution in [1.82, 2.24) is 15.2 Å². The molecule has 1 atom stereocenters. The molecule has 1 aliphatic heterocycles. The first-order valence-electron chi connectivity index (χ1n) is 7.46. The van der Waals surface area contributed by atoms with Crippen molar-refractivity contribution in [3.63, 3.8) is 0 Å². The van der Waals surface area contributed by atoms with E-state index in [1.807, 2.05) is 0 Å². The molecule has 0 saturated carbocycles. The topological polar surface area (TPSA) is 71.5 Å². The predicted octanol–water partition coefficient (Wildman–Crippen LogP) is 1.65. The Hall–Kier alpha value is -2.32. The Morgan fingerprint density at radius 1 is 1.46 bits per heavy atom. The zero-order valence-corrected chi connectivity index (χ0v) is 13.1. The summed E-state index contributed by atoms with van der Waals surface area (Å²) in [5.74, 6) is -0.693. The summed E-state index contributed by atoms with van der Waals surface area (Å²) in [6, 6.07) is 2.52. The Labute approximate surface area is 137 Å². The third kappa shape index (κ3) is 4.84. The van der Waals surface area contributed by atoms with Gasteiger partial charge >= 0.3 is 6.18 Å². The van der Waals surface area contributed by atoms with Crippen LogP contribution in [0.3, 0.4) is 0 Å². The standard InChI is InChI=1S/C15H18F3N3O3/c1-10(22)21-7-3-5-12(21)13(23)20-8-11-4-2-6-19-14(11)24-9-15(16,17)18/h2,4,6,12H,3,5,7-9H2,1H3,(H,20,23). The molecule has 1 saturated heterocycles. The second-order valence-electron chi connectivity index (χ2n) is 5.46. The van der Waals surface area contributed by atoms with Gasteiger partial charge in [-0.25, -0.2) is 4.98 Å². The number of amides is 2. The predicted molar refractivity (Wildman–Crippen MR) is 78.0 cm³/mol. The number of hydrogen-bond donors (Lipinski definition) is 1. The van der Waals surface area contributed by atoms with E-state index in [0.29, 0.717) is 18.5 Å². The number of carbonyl (C=O) groups excluding carboxylic acids is 2. The molecule has 1 fully saturated rings. The summed E-state index contributed by atoms with van der Waals surface area (Å²) in [4.78, 5) is 28.9. The average Bonchev–Trinajstić information content (AvgIpc) is 3.00. The van der Waals surface area contributed by atoms with Crippen molar-refractivity contribution in [3.05, 3.63) is 23.9 Å². The van der Waals surface area contributed by atoms with Crippen molar-refractivity contribution < 1.29 is 27.5 Å². The summed E-state index contributed by atoms with van der Waals surface area (Å²) < 4.78 is 41.4. The van der Waals surface area contributed by atoms with Gasteiger partial charge in [0.2, 0.25) is 17.7 Å². The quantitative estimate of drug-likeness (QED) is 0.881. The van der Waals surface area contributed by atoms with Crippen molar-refractivity contribution in [2.24, 2.45) is 0 Å². The molecule has 24 heavy (non-hydrogen) atoms. The maximum Gasteiger partial charge on any atom is 0.422 e. The van der Waals surface area contributed by atoms with Gasteiger partial charge < -0.3 is 15.0 Å². The van der Waals surface area contributed by atoms with E-state index in [1.165, 1.54) is 24.1 Å². The van der Waals surface area contributed by atoms with Gasteiger partial charge in [0, 0.05) is 31.8 Å². The molecule has 1 N–H and O–H groups in total. The van der Waals surface area contributed by atoms with Crippen LogP contribution in [0.2, 0.25) is 0 Å². The Kier molecular flexibility index (Phi) is 5.63. The van der Waals surface area contributed by atoms with E-state index in [0.717, 1.165) is 6.42 Å². The molecule has 0 spiro atoms. The van der Waals surface area contributed by atoms with Crippen LogP contribution in [-0.4, -0.2) is 47.1 Å². The number of aromatic nitrogens is 1. The van der Waals surface area contributed by atoms with Gasteiger partial charge in [0.15, 0.2) is 6.61 Å². The zero-order chi connectivity index (χ0) is 17.7. The molecule has 6 nitrogen and oxygen atoms in total. The number of pyridine rings is 1. The molecule has 0 bridgehead atoms. The van der Waals surface area contributed by atoms with E-state index in [4.69, 9.17) is 0 Å². The SMILES string of the molecule is CC(=O)N1CCCC1C(=O)NCc1cccnc1OCC(F)(F)F. The molecule has 0 radical (unpaired) electrons. The van der Waals surface area contributed by atoms with Gasteiger partial charge in [-0.1, -0.05) is 6.07 Å². The number of rotatable bonds is 5. The number of ether oxygens (including phenoxy) is 1. The summed E-state index contributed by atoms with van der Waals surface area (Å²) in [6.45, 7) is 0.448. The number of nitrogens with zero attached hydrogens (tertiary/aromatic N) is 2. The Morgan fingerprint density at radius 2 is 2.21 bits per heavy atom. The lowest BCUT2D eigenvalue weighted by Gasteiger charge is -2.22. The second kappa shape index (κ2) is 7.50. The minimum absolute atomic E-state index is 0.0257. The minimum atomic E-state index is -4.47. The lowest BCUT2D eigenvalue weighted by Crippen LogP contribution is -2.44. The molecule has 0 aromatic carbocycles. The second-order valence-corrected chi connectivity index (χ2v) is 5.46. The summed E-state index contributed by atoms with van der Waals surface area (Å²) in [5, 5.41) is 2.63. The average molecular weight is 345 g/mol. The maximum atomic E-state index is 12.3. The largest absolute Gasteiger partial charge is 0.468 e. The minimum Gasteiger partial charge on any atom is -0.468 e. The lowest BCUT2D eigenvalue weighted by atomic mass is 10.2. The van der Waals surface area contributed by atoms with Crippen LogP contribution in [0.25, 0.3) is 0 Å². The molecular formula is C15H18F3N3O3. The smallest absolute Gasteiger partial charge is 0.422 e. The van der Waals surface area contributed by atoms with Crippen LogP contribution >= 0.6 is 0 Å². The Bertz CT molecular complexity index is 607. The van der Waals surface area contributed by atoms with Crippen LogP contribution in [-0.2, 0) is 16.1 Å². The first kappa shape index (κ1) is 18.0. The monoisotopic (exact) mass is 345 g/mol. The number of alkyl halides is 3. The van der Waals surface area contributed by atoms with E-state index in [9.17, 15) is 22.8 Å². The summed E-state index contributed by atoms with van der Waals surface area (Å²) in [5.41, 5.74) is 0.336. The third-order valence-corrected chi connectivity index (χ3v) is 3.64. The fourth-order valence-corrected chi connectivity index (χ4v) is 2.56. The van der Waals surface area contributed by atoms with Crippen LogP contribution in [0, 0.1) is 0 Å². The zero-order valence-electron chi connectivity index (χ0n) is 13.1. The lowest BCUT2D eigenvalue weighted by molar-refractivity contribution is -0.154. The highest BCUT2D eigenvalue weighted by molar-refractivity contribution is 5.87. The molecule has 1 aromatic rings. The van der Waals surface area contributed by atoms with Gasteiger partial charge in [0.1, 0.15) is 6.04 Å². The molecule has 132 valence electrons. The maximum absolute atomic E-state index is 12.3. The van der Waals surface area contributed by atoms with E-state index in [-0.39, 0.29) is 24.2 Å². The molecule has 1 aromatic heterocycles. The van der Waals surface area contributed by atoms with Gasteiger partial charge in [-0.05, 0) is 18.9 Å². The highest BCUT2D eigenvalue weighted by atomic mass is 19.4. The number of nitrogens with one attached hydrogen (secondary N) is 1. The summed E-state index contributed by atoms with van der Waals surface area (Å²) in [7, 11) is 0. The normalized spacial score (nSPS) is 17.7. The summed E-state index contributed by atoms with van der Waals surface area (Å²) in [6.07, 6.45) is -1.85. The van der Waals surface area contributed by atoms with E-state index >= 15 is 0 Å². The van der Waals surface area contributed by atoms with Crippen molar-refractivity contribution in [3.8, 4) is 5.88 Å². The Balaban J connectivity index is 1.96. The first-order chi connectivity index (χ1) is 11.3. The van der Waals surface area contributed by atoms with E-state index < -0.39 is 18.8 Å². The molecule has 1 aliphatic rings. The highest BCUT2D eigenvalue weighted by Gasteiger charge is 2.32. The number of likely N-dealkylation sites (tertiary alicyclic amines) is 1. The van der Waals surface area contributed by atoms with Crippen molar-refractivity contribution >= 4 is 11.8 Å². The molecular weight excluding hydrogens is 327 g/mol. The summed E-state index contributed by atoms with van der Waals surface area (Å²) >= 11 is 0. The van der Waals surface area contributed by atoms with Crippen LogP contribution in [0.15, 0.2) is 18.3 Å². The van der Waals surface area contributed by atoms with Crippen LogP contribution in [0.1, 0.15) is 25.3 Å². The van der Waals surface area contributed by atoms with Gasteiger partial charge in [-0.2, -0.15) is 13.2 Å². The van der Waals surface area contributed by atoms with Gasteiger partial charge in [-0.15, -0.1) is 0 Å². The third-order valence-electron chi connectivity index (χ3n) is 3.64. The van der Waals surface area contributed by atoms with Crippen LogP contribution in [0.4, 0.5) is 13.2 Å². The molecule has 1 unspecified atom stereocenters. The highest BCUT2D eigenvalue weighted by Crippen LogP contribution is 2.21. The number of hydrogen-bond acceptors (Lipinski definition) is 4. The number of carbonyl (C=O) groups is 2. The van der Waals surface area contributed by atoms with Gasteiger partial charge in [0.05, 0.1) is 0 Å². The van der Waals surface area contributed by atoms with E-state index in [1.54, 1.807) is 6.07 Å². The number of halogens is 3. The van der Waals surface area contributed by atoms with E-state index in [2.05, 4.69) is 15.0 Å². The van der Waals surface area contributed by atoms with Crippen molar-refractivity contribution in [2.75, 3.05) is 13.2 Å². The molecule has 2 heterocycles. The molecule has 0 aliphatic carbocycles. The van der Waals surface area contributed by atoms with Gasteiger partial charge in [-0.3, -0.25) is 9.59 Å². The molecule has 9 heteroatoms. The Morgan fingerprint density at radius 3 is 2.88 bits per heavy atom. The van der Waals surface area contributed by atoms with Crippen molar-refractivity contribution in [2.45, 2.75) is 38.5 Å². The first-order valence-corrected chi connectivity index (χ1v) is 7.46. The van der Waals surface area contributed by atoms with Crippen molar-refractivity contribution in [1.29, 1.82) is 0 Å². The fraction of sp³-hybridized carbons (Fsp3) is 0.533. The fourth-order valence-electron chi connectivity index (χ4n) is 2.56. The molecule has 2 amide bonds. The van der Waals surface area contributed by atoms with Crippen LogP contribution in [0.5, 0.6) is 5.88 Å². The molecule has 2 rings (SSSR count). The van der Waals surface area contributed by atoms with Gasteiger partial charge in [0.25, 0.3) is 0 Å². The van der Waals surface area contributed by atoms with Crippen LogP contribution < -0.4 is 10.1 Å².